The van der Waals surface area contributed by atoms with Crippen LogP contribution >= 0.6 is 23.4 Å². The van der Waals surface area contributed by atoms with Crippen LogP contribution in [0.25, 0.3) is 11.0 Å². The Morgan fingerprint density at radius 2 is 1.73 bits per heavy atom. The number of carbonyl (C=O) groups excluding carboxylic acids is 3. The number of rotatable bonds is 14. The van der Waals surface area contributed by atoms with E-state index < -0.39 is 19.4 Å². The number of hydrogen-bond donors (Lipinski definition) is 4. The summed E-state index contributed by atoms with van der Waals surface area (Å²) in [5.41, 5.74) is 7.33. The molecule has 5 aromatic rings. The molecule has 0 aliphatic carbocycles. The van der Waals surface area contributed by atoms with Gasteiger partial charge in [0.25, 0.3) is 5.91 Å². The van der Waals surface area contributed by atoms with Gasteiger partial charge in [-0.05, 0) is 56.3 Å². The number of amides is 3. The number of carbonyl (C=O) groups is 3. The fraction of sp³-hybridized carbons (Fsp3) is 0.423. The van der Waals surface area contributed by atoms with Crippen LogP contribution < -0.4 is 30.9 Å². The summed E-state index contributed by atoms with van der Waals surface area (Å²) < 4.78 is 6.59. The zero-order valence-electron chi connectivity index (χ0n) is 40.6. The number of anilines is 5. The number of halogens is 1. The third kappa shape index (κ3) is 11.1. The van der Waals surface area contributed by atoms with Crippen LogP contribution in [0.5, 0.6) is 5.75 Å². The number of imide groups is 1. The van der Waals surface area contributed by atoms with Crippen LogP contribution in [0, 0.1) is 30.1 Å². The van der Waals surface area contributed by atoms with Crippen molar-refractivity contribution in [2.75, 3.05) is 81.8 Å². The molecule has 17 nitrogen and oxygen atoms in total. The van der Waals surface area contributed by atoms with E-state index in [0.29, 0.717) is 62.3 Å². The molecule has 0 saturated carbocycles. The molecule has 3 fully saturated rings. The average molecular weight is 1040 g/mol. The van der Waals surface area contributed by atoms with Crippen LogP contribution in [0.15, 0.2) is 59.5 Å². The van der Waals surface area contributed by atoms with Crippen LogP contribution in [0.3, 0.4) is 0 Å². The molecule has 0 radical (unpaired) electrons. The van der Waals surface area contributed by atoms with Gasteiger partial charge in [0.15, 0.2) is 0 Å². The van der Waals surface area contributed by atoms with Crippen molar-refractivity contribution < 1.29 is 24.0 Å². The predicted molar refractivity (Wildman–Crippen MR) is 281 cm³/mol. The average Bonchev–Trinajstić information content (AvgIpc) is 3.69. The molecule has 3 aromatic carbocycles. The van der Waals surface area contributed by atoms with Gasteiger partial charge in [-0.3, -0.25) is 24.6 Å². The van der Waals surface area contributed by atoms with Crippen molar-refractivity contribution in [1.29, 1.82) is 5.26 Å². The fourth-order valence-corrected chi connectivity index (χ4v) is 12.2. The second kappa shape index (κ2) is 21.6. The summed E-state index contributed by atoms with van der Waals surface area (Å²) in [6.07, 6.45) is 11.5. The molecule has 19 heteroatoms. The molecule has 4 aliphatic heterocycles. The molecule has 1 unspecified atom stereocenters. The normalized spacial score (nSPS) is 18.2. The monoisotopic (exact) mass is 1040 g/mol. The van der Waals surface area contributed by atoms with E-state index in [2.05, 4.69) is 98.5 Å². The Morgan fingerprint density at radius 1 is 0.944 bits per heavy atom. The molecule has 6 heterocycles. The zero-order chi connectivity index (χ0) is 49.8. The Balaban J connectivity index is 0.725. The maximum atomic E-state index is 13.3. The molecule has 4 aliphatic rings. The third-order valence-electron chi connectivity index (χ3n) is 14.0. The molecular weight excluding hydrogens is 984 g/mol. The topological polar surface area (TPSA) is 205 Å². The summed E-state index contributed by atoms with van der Waals surface area (Å²) in [6.45, 7) is 13.4. The van der Waals surface area contributed by atoms with E-state index in [4.69, 9.17) is 9.72 Å². The van der Waals surface area contributed by atoms with Crippen LogP contribution in [-0.4, -0.2) is 136 Å². The van der Waals surface area contributed by atoms with Crippen LogP contribution in [0.1, 0.15) is 84.0 Å². The molecule has 3 amide bonds. The summed E-state index contributed by atoms with van der Waals surface area (Å²) in [5, 5.41) is 19.6. The Hall–Kier alpha value is -6.27. The number of methoxy groups -OCH3 is 1. The summed E-state index contributed by atoms with van der Waals surface area (Å²) in [7, 11) is -1.18. The first-order chi connectivity index (χ1) is 34.3. The van der Waals surface area contributed by atoms with E-state index in [1.165, 1.54) is 4.90 Å². The van der Waals surface area contributed by atoms with Gasteiger partial charge in [-0.25, -0.2) is 0 Å². The molecule has 1 atom stereocenters. The van der Waals surface area contributed by atoms with E-state index in [1.54, 1.807) is 37.8 Å². The van der Waals surface area contributed by atoms with Crippen molar-refractivity contribution in [2.24, 2.45) is 0 Å². The number of nitriles is 1. The fourth-order valence-electron chi connectivity index (χ4n) is 10.4. The molecule has 4 N–H and O–H groups in total. The quantitative estimate of drug-likeness (QED) is 0.0414. The molecule has 0 bridgehead atoms. The first-order valence-electron chi connectivity index (χ1n) is 24.4. The predicted octanol–water partition coefficient (Wildman–Crippen LogP) is 6.36. The van der Waals surface area contributed by atoms with Crippen molar-refractivity contribution >= 4 is 86.3 Å². The number of benzene rings is 3. The summed E-state index contributed by atoms with van der Waals surface area (Å²) in [6, 6.07) is 13.3. The number of nitrogens with zero attached hydrogens (tertiary/aromatic N) is 9. The van der Waals surface area contributed by atoms with Crippen LogP contribution in [-0.2, 0) is 16.1 Å². The Labute approximate surface area is 423 Å². The van der Waals surface area contributed by atoms with E-state index >= 15 is 0 Å². The van der Waals surface area contributed by atoms with Gasteiger partial charge in [-0.2, -0.15) is 5.26 Å². The summed E-state index contributed by atoms with van der Waals surface area (Å²) >= 11 is 3.61. The van der Waals surface area contributed by atoms with Gasteiger partial charge in [0, 0.05) is 75.8 Å². The van der Waals surface area contributed by atoms with E-state index in [9.17, 15) is 24.5 Å². The van der Waals surface area contributed by atoms with Crippen molar-refractivity contribution in [3.63, 3.8) is 0 Å². The number of unbranched alkanes of at least 4 members (excludes halogenated alkanes) is 3. The number of piperidine rings is 2. The van der Waals surface area contributed by atoms with E-state index in [1.807, 2.05) is 25.5 Å². The van der Waals surface area contributed by atoms with Gasteiger partial charge in [0.2, 0.25) is 11.8 Å². The van der Waals surface area contributed by atoms with Gasteiger partial charge in [0.05, 0.1) is 11.6 Å². The first kappa shape index (κ1) is 49.7. The number of nitrogens with one attached hydrogen (secondary N) is 3. The van der Waals surface area contributed by atoms with Gasteiger partial charge in [-0.15, -0.1) is 0 Å². The molecular formula is C52H60BrN12O5P. The SMILES string of the molecule is COc1cc(N2CCC(N3CCN(CCCCCC#Cc4cc(C#N)cc5c4CN(C4CCC(=O)NC4=O)C5=O)CC3)CC2)c(C)cc1Nc1ncc(Br)c(Nc2ccc3nccnc3c2[PH](C)(C)O)n1. The maximum absolute atomic E-state index is 13.3. The van der Waals surface area contributed by atoms with Crippen molar-refractivity contribution in [3.8, 4) is 23.7 Å². The van der Waals surface area contributed by atoms with Crippen molar-refractivity contribution in [2.45, 2.75) is 76.9 Å². The van der Waals surface area contributed by atoms with E-state index in [-0.39, 0.29) is 31.2 Å². The summed E-state index contributed by atoms with van der Waals surface area (Å²) in [4.78, 5) is 76.5. The van der Waals surface area contributed by atoms with Gasteiger partial charge >= 0.3 is 200 Å². The van der Waals surface area contributed by atoms with Gasteiger partial charge < -0.3 is 9.80 Å². The van der Waals surface area contributed by atoms with Gasteiger partial charge in [-0.1, -0.05) is 18.3 Å². The number of piperazine rings is 1. The molecule has 71 heavy (non-hydrogen) atoms. The number of aromatic nitrogens is 4. The van der Waals surface area contributed by atoms with Crippen molar-refractivity contribution in [3.05, 3.63) is 87.3 Å². The third-order valence-corrected chi connectivity index (χ3v) is 16.3. The standard InChI is InChI=1S/C52H60BrN12O5P/c1-33-26-42(59-52-57-31-39(53)49(61-52)58-41-12-11-40-47(56-18-17-55-40)48(41)71(3,4)69)45(70-2)29-44(33)64-20-15-36(16-21-64)63-24-22-62(23-25-63)19-9-7-5-6-8-10-35-27-34(30-54)28-37-38(35)32-65(51(37)68)43-13-14-46(66)60-50(43)67/h11-12,17-18,26-29,31,36,43,69,71H,5-7,9,13-16,19-25,32H2,1-4H3,(H,60,66,67)(H2,57,58,59,61). The Bertz CT molecular complexity index is 2970. The van der Waals surface area contributed by atoms with E-state index in [0.717, 1.165) is 111 Å². The van der Waals surface area contributed by atoms with Gasteiger partial charge in [0.1, 0.15) is 6.04 Å². The second-order valence-corrected chi connectivity index (χ2v) is 23.7. The zero-order valence-corrected chi connectivity index (χ0v) is 43.2. The Morgan fingerprint density at radius 3 is 2.48 bits per heavy atom. The number of hydrogen-bond acceptors (Lipinski definition) is 15. The first-order valence-corrected chi connectivity index (χ1v) is 28.2. The van der Waals surface area contributed by atoms with Crippen LogP contribution in [0.4, 0.5) is 28.8 Å². The summed E-state index contributed by atoms with van der Waals surface area (Å²) in [5.74, 6) is 7.04. The molecule has 2 aromatic heterocycles. The number of aryl methyl sites for hydroxylation is 1. The second-order valence-electron chi connectivity index (χ2n) is 19.2. The van der Waals surface area contributed by atoms with Crippen molar-refractivity contribution in [1.82, 2.24) is 40.0 Å². The Kier molecular flexibility index (Phi) is 15.1. The minimum absolute atomic E-state index is 0.187. The van der Waals surface area contributed by atoms with Crippen LogP contribution in [0.2, 0.25) is 0 Å². The number of ether oxygens (including phenoxy) is 1. The molecule has 3 saturated heterocycles. The molecule has 9 rings (SSSR count). The molecule has 0 spiro atoms. The minimum atomic E-state index is -2.86. The number of fused-ring (bicyclic) bond motifs is 2. The molecule has 370 valence electrons.